The maximum absolute atomic E-state index is 14.6. The second kappa shape index (κ2) is 24.9. The summed E-state index contributed by atoms with van der Waals surface area (Å²) in [6.07, 6.45) is 2.34. The molecule has 4 aromatic carbocycles. The lowest BCUT2D eigenvalue weighted by atomic mass is 9.95. The number of pyridine rings is 1. The van der Waals surface area contributed by atoms with Crippen LogP contribution in [0.5, 0.6) is 5.75 Å². The second-order valence-corrected chi connectivity index (χ2v) is 22.8. The summed E-state index contributed by atoms with van der Waals surface area (Å²) in [7, 11) is 0. The van der Waals surface area contributed by atoms with Crippen molar-refractivity contribution in [1.82, 2.24) is 30.4 Å². The molecule has 2 saturated heterocycles. The first-order valence-corrected chi connectivity index (χ1v) is 28.7. The fourth-order valence-electron chi connectivity index (χ4n) is 11.6. The van der Waals surface area contributed by atoms with E-state index >= 15 is 0 Å². The summed E-state index contributed by atoms with van der Waals surface area (Å²) in [5.41, 5.74) is 13.3. The van der Waals surface area contributed by atoms with Gasteiger partial charge < -0.3 is 44.5 Å². The molecule has 0 unspecified atom stereocenters. The van der Waals surface area contributed by atoms with Crippen molar-refractivity contribution in [2.24, 2.45) is 11.8 Å². The number of hydrogen-bond donors (Lipinski definition) is 3. The van der Waals surface area contributed by atoms with Crippen molar-refractivity contribution in [1.29, 1.82) is 0 Å². The Balaban J connectivity index is 0.799. The van der Waals surface area contributed by atoms with Crippen LogP contribution < -0.4 is 25.8 Å². The zero-order chi connectivity index (χ0) is 56.1. The first-order chi connectivity index (χ1) is 38.0. The van der Waals surface area contributed by atoms with Crippen molar-refractivity contribution in [3.8, 4) is 27.3 Å². The number of hydrogen-bond acceptors (Lipinski definition) is 11. The Morgan fingerprint density at radius 1 is 0.899 bits per heavy atom. The van der Waals surface area contributed by atoms with Gasteiger partial charge in [-0.2, -0.15) is 0 Å². The molecule has 2 aromatic heterocycles. The summed E-state index contributed by atoms with van der Waals surface area (Å²) in [4.78, 5) is 83.8. The van der Waals surface area contributed by atoms with Crippen molar-refractivity contribution in [3.05, 3.63) is 157 Å². The number of nitrogens with one attached hydrogen (secondary N) is 3. The molecule has 15 nitrogen and oxygen atoms in total. The molecule has 3 aliphatic heterocycles. The van der Waals surface area contributed by atoms with Gasteiger partial charge in [-0.05, 0) is 154 Å². The third-order valence-corrected chi connectivity index (χ3v) is 16.9. The Kier molecular flexibility index (Phi) is 17.8. The molecule has 3 aliphatic rings. The molecular formula is C63H75N7O8S. The van der Waals surface area contributed by atoms with Gasteiger partial charge in [0.05, 0.1) is 35.3 Å². The molecule has 79 heavy (non-hydrogen) atoms. The van der Waals surface area contributed by atoms with E-state index in [0.717, 1.165) is 85.8 Å². The first-order valence-electron chi connectivity index (χ1n) is 27.8. The van der Waals surface area contributed by atoms with Crippen LogP contribution in [0.3, 0.4) is 0 Å². The minimum absolute atomic E-state index is 0.108. The fraction of sp³-hybridized carbons (Fsp3) is 0.429. The van der Waals surface area contributed by atoms with E-state index in [0.29, 0.717) is 68.4 Å². The molecule has 0 bridgehead atoms. The van der Waals surface area contributed by atoms with Gasteiger partial charge in [0.1, 0.15) is 24.4 Å². The number of aromatic nitrogens is 2. The fourth-order valence-corrected chi connectivity index (χ4v) is 12.4. The quantitative estimate of drug-likeness (QED) is 0.0624. The van der Waals surface area contributed by atoms with Crippen LogP contribution in [0, 0.1) is 39.5 Å². The number of thiazole rings is 1. The molecule has 0 spiro atoms. The number of carbonyl (C=O) groups is 4. The Morgan fingerprint density at radius 2 is 1.63 bits per heavy atom. The number of fused-ring (bicyclic) bond motifs is 1. The highest BCUT2D eigenvalue weighted by atomic mass is 32.1. The van der Waals surface area contributed by atoms with Gasteiger partial charge in [-0.1, -0.05) is 69.3 Å². The summed E-state index contributed by atoms with van der Waals surface area (Å²) < 4.78 is 17.9. The van der Waals surface area contributed by atoms with E-state index in [2.05, 4.69) is 57.5 Å². The number of amides is 4. The number of benzene rings is 4. The number of likely N-dealkylation sites (tertiary alicyclic amines) is 1. The van der Waals surface area contributed by atoms with E-state index in [1.807, 2.05) is 121 Å². The Hall–Kier alpha value is -7.14. The van der Waals surface area contributed by atoms with Crippen LogP contribution in [0.1, 0.15) is 125 Å². The van der Waals surface area contributed by atoms with E-state index in [9.17, 15) is 24.0 Å². The molecule has 6 aromatic rings. The Labute approximate surface area is 468 Å². The van der Waals surface area contributed by atoms with Crippen molar-refractivity contribution in [2.45, 2.75) is 125 Å². The second-order valence-electron chi connectivity index (χ2n) is 21.9. The average molecular weight is 1090 g/mol. The number of aryl methyl sites for hydroxylation is 3. The number of carbonyl (C=O) groups excluding carboxylic acids is 4. The van der Waals surface area contributed by atoms with Crippen molar-refractivity contribution < 1.29 is 33.4 Å². The van der Waals surface area contributed by atoms with Gasteiger partial charge in [0, 0.05) is 73.5 Å². The summed E-state index contributed by atoms with van der Waals surface area (Å²) in [5.74, 6) is -0.262. The molecule has 4 atom stereocenters. The monoisotopic (exact) mass is 1090 g/mol. The topological polar surface area (TPSA) is 176 Å². The average Bonchev–Trinajstić information content (AvgIpc) is 4.19. The predicted molar refractivity (Wildman–Crippen MR) is 309 cm³/mol. The first kappa shape index (κ1) is 56.6. The minimum Gasteiger partial charge on any atom is -0.491 e. The van der Waals surface area contributed by atoms with Crippen molar-refractivity contribution >= 4 is 40.7 Å². The van der Waals surface area contributed by atoms with Gasteiger partial charge in [0.15, 0.2) is 0 Å². The van der Waals surface area contributed by atoms with Crippen LogP contribution >= 0.6 is 11.3 Å². The number of H-pyrrole nitrogens is 1. The van der Waals surface area contributed by atoms with E-state index in [1.54, 1.807) is 21.1 Å². The zero-order valence-electron chi connectivity index (χ0n) is 47.1. The molecule has 9 rings (SSSR count). The van der Waals surface area contributed by atoms with Gasteiger partial charge in [-0.15, -0.1) is 11.3 Å². The summed E-state index contributed by atoms with van der Waals surface area (Å²) in [6.45, 7) is 21.6. The van der Waals surface area contributed by atoms with E-state index in [4.69, 9.17) is 14.2 Å². The number of ether oxygens (including phenoxy) is 3. The van der Waals surface area contributed by atoms with Gasteiger partial charge in [-0.3, -0.25) is 24.0 Å². The molecular weight excluding hydrogens is 1010 g/mol. The largest absolute Gasteiger partial charge is 0.491 e. The smallest absolute Gasteiger partial charge is 0.255 e. The highest BCUT2D eigenvalue weighted by molar-refractivity contribution is 7.13. The highest BCUT2D eigenvalue weighted by Crippen LogP contribution is 2.36. The van der Waals surface area contributed by atoms with Crippen LogP contribution in [0.2, 0.25) is 0 Å². The van der Waals surface area contributed by atoms with Gasteiger partial charge in [-0.25, -0.2) is 4.98 Å². The van der Waals surface area contributed by atoms with Crippen LogP contribution in [0.4, 0.5) is 5.69 Å². The molecule has 0 radical (unpaired) electrons. The summed E-state index contributed by atoms with van der Waals surface area (Å²) >= 11 is 1.60. The maximum Gasteiger partial charge on any atom is 0.255 e. The molecule has 5 heterocycles. The molecule has 2 fully saturated rings. The van der Waals surface area contributed by atoms with Crippen molar-refractivity contribution in [2.75, 3.05) is 44.4 Å². The lowest BCUT2D eigenvalue weighted by Gasteiger charge is -2.37. The molecule has 0 aliphatic carbocycles. The van der Waals surface area contributed by atoms with Crippen LogP contribution in [0.25, 0.3) is 21.6 Å². The Bertz CT molecular complexity index is 3240. The van der Waals surface area contributed by atoms with E-state index in [1.165, 1.54) is 0 Å². The summed E-state index contributed by atoms with van der Waals surface area (Å²) in [5, 5.41) is 6.22. The normalized spacial score (nSPS) is 17.2. The Morgan fingerprint density at radius 3 is 2.32 bits per heavy atom. The number of anilines is 1. The standard InChI is InChI=1S/C63H75N7O8S/c1-10-68(50-21-23-76-24-22-50)55-31-49(30-52(41(55)7)59(71)64-32-54-39(5)28-40(6)66-60(54)72)46-17-19-51(20-18-46)78-26-25-77-35-44-11-12-48-34-70(62(74)53(48)29-44)57(37(2)3)63(75)69-33-38(4)27-56(69)61(73)67-42(8)45-13-15-47(16-14-45)58-43(9)65-36-79-58/h11-20,28-31,36-38,42,50,56-57H,10,21-27,32-35H2,1-9H3,(H,64,71)(H,66,72)(H,67,73)/t38-,42+,56+,57+/m1/s1. The molecule has 0 saturated carbocycles. The number of nitrogens with zero attached hydrogens (tertiary/aromatic N) is 4. The third kappa shape index (κ3) is 12.7. The zero-order valence-corrected chi connectivity index (χ0v) is 47.9. The molecule has 16 heteroatoms. The van der Waals surface area contributed by atoms with Crippen LogP contribution in [0.15, 0.2) is 95.2 Å². The van der Waals surface area contributed by atoms with Gasteiger partial charge in [0.2, 0.25) is 11.8 Å². The lowest BCUT2D eigenvalue weighted by Crippen LogP contribution is -2.55. The number of rotatable bonds is 20. The lowest BCUT2D eigenvalue weighted by molar-refractivity contribution is -0.143. The molecule has 4 amide bonds. The predicted octanol–water partition coefficient (Wildman–Crippen LogP) is 10.0. The van der Waals surface area contributed by atoms with Gasteiger partial charge >= 0.3 is 0 Å². The highest BCUT2D eigenvalue weighted by Gasteiger charge is 2.45. The summed E-state index contributed by atoms with van der Waals surface area (Å²) in [6, 6.07) is 26.3. The molecule has 3 N–H and O–H groups in total. The van der Waals surface area contributed by atoms with Crippen LogP contribution in [-0.2, 0) is 38.8 Å². The molecule has 416 valence electrons. The SMILES string of the molecule is CCN(c1cc(-c2ccc(OCCOCc3ccc4c(c3)C(=O)N([C@H](C(=O)N3C[C@H](C)C[C@H]3C(=O)N[C@@H](C)c3ccc(-c5scnc5C)cc3)C(C)C)C4)cc2)cc(C(=O)NCc2c(C)cc(C)[nH]c2=O)c1C)C1CCOCC1. The van der Waals surface area contributed by atoms with E-state index in [-0.39, 0.29) is 66.3 Å². The number of aromatic amines is 1. The third-order valence-electron chi connectivity index (χ3n) is 15.9. The minimum atomic E-state index is -0.744. The van der Waals surface area contributed by atoms with Crippen LogP contribution in [-0.4, -0.2) is 101 Å². The van der Waals surface area contributed by atoms with Crippen molar-refractivity contribution in [3.63, 3.8) is 0 Å². The van der Waals surface area contributed by atoms with Gasteiger partial charge in [0.25, 0.3) is 17.4 Å². The van der Waals surface area contributed by atoms with E-state index < -0.39 is 12.1 Å². The maximum atomic E-state index is 14.6.